The molecule has 0 aliphatic carbocycles. The molecule has 0 aliphatic heterocycles. The molecule has 0 radical (unpaired) electrons. The lowest BCUT2D eigenvalue weighted by atomic mass is 10.2. The molecule has 3 nitrogen and oxygen atoms in total. The summed E-state index contributed by atoms with van der Waals surface area (Å²) in [7, 11) is 0. The average molecular weight is 261 g/mol. The van der Waals surface area contributed by atoms with E-state index in [1.54, 1.807) is 36.5 Å². The molecule has 0 fully saturated rings. The summed E-state index contributed by atoms with van der Waals surface area (Å²) in [4.78, 5) is 4.41. The van der Waals surface area contributed by atoms with E-state index in [2.05, 4.69) is 10.3 Å². The molecule has 2 aromatic rings. The van der Waals surface area contributed by atoms with Gasteiger partial charge in [-0.2, -0.15) is 0 Å². The van der Waals surface area contributed by atoms with Crippen molar-refractivity contribution >= 4 is 23.0 Å². The Morgan fingerprint density at radius 2 is 2.06 bits per heavy atom. The van der Waals surface area contributed by atoms with Crippen molar-refractivity contribution < 1.29 is 4.39 Å². The average Bonchev–Trinajstić information content (AvgIpc) is 2.38. The highest BCUT2D eigenvalue weighted by atomic mass is 32.1. The van der Waals surface area contributed by atoms with Gasteiger partial charge in [0, 0.05) is 18.3 Å². The van der Waals surface area contributed by atoms with Crippen LogP contribution in [0.5, 0.6) is 0 Å². The summed E-state index contributed by atoms with van der Waals surface area (Å²) in [5.74, 6) is 0.311. The monoisotopic (exact) mass is 261 g/mol. The number of aromatic nitrogens is 1. The first-order valence-corrected chi connectivity index (χ1v) is 5.81. The summed E-state index contributed by atoms with van der Waals surface area (Å²) in [5, 5.41) is 3.03. The van der Waals surface area contributed by atoms with Gasteiger partial charge in [-0.15, -0.1) is 0 Å². The molecule has 0 unspecified atom stereocenters. The van der Waals surface area contributed by atoms with Crippen LogP contribution >= 0.6 is 12.2 Å². The number of anilines is 1. The van der Waals surface area contributed by atoms with E-state index in [0.717, 1.165) is 0 Å². The normalized spacial score (nSPS) is 10.1. The summed E-state index contributed by atoms with van der Waals surface area (Å²) in [6.07, 6.45) is 1.63. The van der Waals surface area contributed by atoms with Crippen LogP contribution < -0.4 is 11.1 Å². The van der Waals surface area contributed by atoms with E-state index in [4.69, 9.17) is 18.0 Å². The molecular weight excluding hydrogens is 249 g/mol. The molecule has 0 atom stereocenters. The van der Waals surface area contributed by atoms with Crippen LogP contribution in [-0.2, 0) is 6.54 Å². The summed E-state index contributed by atoms with van der Waals surface area (Å²) in [6.45, 7) is 0.333. The molecule has 0 spiro atoms. The molecule has 0 bridgehead atoms. The number of hydrogen-bond acceptors (Lipinski definition) is 3. The second-order valence-corrected chi connectivity index (χ2v) is 4.15. The first kappa shape index (κ1) is 12.4. The number of halogens is 1. The first-order valence-electron chi connectivity index (χ1n) is 5.40. The van der Waals surface area contributed by atoms with Gasteiger partial charge in [0.25, 0.3) is 0 Å². The van der Waals surface area contributed by atoms with Gasteiger partial charge in [0.1, 0.15) is 16.6 Å². The predicted molar refractivity (Wildman–Crippen MR) is 73.9 cm³/mol. The second kappa shape index (κ2) is 5.55. The van der Waals surface area contributed by atoms with Gasteiger partial charge in [-0.05, 0) is 18.2 Å². The first-order chi connectivity index (χ1) is 8.68. The summed E-state index contributed by atoms with van der Waals surface area (Å²) in [6, 6.07) is 10.1. The van der Waals surface area contributed by atoms with Crippen LogP contribution in [0, 0.1) is 5.82 Å². The van der Waals surface area contributed by atoms with Crippen LogP contribution in [0.1, 0.15) is 11.1 Å². The maximum atomic E-state index is 13.4. The molecule has 18 heavy (non-hydrogen) atoms. The Morgan fingerprint density at radius 1 is 1.28 bits per heavy atom. The Hall–Kier alpha value is -2.01. The lowest BCUT2D eigenvalue weighted by Crippen LogP contribution is -2.14. The number of nitrogens with two attached hydrogens (primary N) is 1. The Bertz CT molecular complexity index is 572. The van der Waals surface area contributed by atoms with Crippen molar-refractivity contribution in [3.05, 3.63) is 59.5 Å². The van der Waals surface area contributed by atoms with Crippen LogP contribution in [0.4, 0.5) is 10.2 Å². The van der Waals surface area contributed by atoms with Crippen molar-refractivity contribution in [2.24, 2.45) is 5.73 Å². The van der Waals surface area contributed by atoms with E-state index in [9.17, 15) is 4.39 Å². The molecule has 0 saturated carbocycles. The fourth-order valence-corrected chi connectivity index (χ4v) is 1.73. The molecule has 2 rings (SSSR count). The molecule has 92 valence electrons. The number of pyridine rings is 1. The van der Waals surface area contributed by atoms with Crippen molar-refractivity contribution in [3.8, 4) is 0 Å². The summed E-state index contributed by atoms with van der Waals surface area (Å²) >= 11 is 4.93. The topological polar surface area (TPSA) is 50.9 Å². The number of thiocarbonyl (C=S) groups is 1. The van der Waals surface area contributed by atoms with E-state index in [1.807, 2.05) is 0 Å². The van der Waals surface area contributed by atoms with Gasteiger partial charge in [-0.25, -0.2) is 9.37 Å². The van der Waals surface area contributed by atoms with Gasteiger partial charge < -0.3 is 11.1 Å². The smallest absolute Gasteiger partial charge is 0.136 e. The van der Waals surface area contributed by atoms with E-state index in [-0.39, 0.29) is 10.8 Å². The molecule has 0 aliphatic rings. The highest BCUT2D eigenvalue weighted by molar-refractivity contribution is 7.80. The number of hydrogen-bond donors (Lipinski definition) is 2. The minimum Gasteiger partial charge on any atom is -0.389 e. The SMILES string of the molecule is NC(=S)c1cccnc1NCc1ccccc1F. The van der Waals surface area contributed by atoms with Gasteiger partial charge in [0.05, 0.1) is 5.56 Å². The predicted octanol–water partition coefficient (Wildman–Crippen LogP) is 2.47. The fraction of sp³-hybridized carbons (Fsp3) is 0.0769. The molecule has 1 aromatic heterocycles. The summed E-state index contributed by atoms with van der Waals surface area (Å²) in [5.41, 5.74) is 6.81. The highest BCUT2D eigenvalue weighted by Gasteiger charge is 2.06. The Morgan fingerprint density at radius 3 is 2.78 bits per heavy atom. The van der Waals surface area contributed by atoms with Crippen LogP contribution in [0.3, 0.4) is 0 Å². The third kappa shape index (κ3) is 2.81. The van der Waals surface area contributed by atoms with E-state index >= 15 is 0 Å². The minimum atomic E-state index is -0.252. The molecule has 5 heteroatoms. The van der Waals surface area contributed by atoms with Gasteiger partial charge in [0.15, 0.2) is 0 Å². The van der Waals surface area contributed by atoms with E-state index < -0.39 is 0 Å². The van der Waals surface area contributed by atoms with Crippen LogP contribution in [0.25, 0.3) is 0 Å². The quantitative estimate of drug-likeness (QED) is 0.830. The van der Waals surface area contributed by atoms with E-state index in [1.165, 1.54) is 6.07 Å². The van der Waals surface area contributed by atoms with Gasteiger partial charge in [0.2, 0.25) is 0 Å². The van der Waals surface area contributed by atoms with E-state index in [0.29, 0.717) is 23.5 Å². The highest BCUT2D eigenvalue weighted by Crippen LogP contribution is 2.14. The zero-order chi connectivity index (χ0) is 13.0. The standard InChI is InChI=1S/C13H12FN3S/c14-11-6-2-1-4-9(11)8-17-13-10(12(15)18)5-3-7-16-13/h1-7H,8H2,(H2,15,18)(H,16,17). The molecule has 1 heterocycles. The zero-order valence-electron chi connectivity index (χ0n) is 9.56. The minimum absolute atomic E-state index is 0.252. The third-order valence-electron chi connectivity index (χ3n) is 2.48. The Kier molecular flexibility index (Phi) is 3.84. The largest absolute Gasteiger partial charge is 0.389 e. The lowest BCUT2D eigenvalue weighted by Gasteiger charge is -2.10. The second-order valence-electron chi connectivity index (χ2n) is 3.71. The zero-order valence-corrected chi connectivity index (χ0v) is 10.4. The lowest BCUT2D eigenvalue weighted by molar-refractivity contribution is 0.613. The van der Waals surface area contributed by atoms with Crippen LogP contribution in [-0.4, -0.2) is 9.97 Å². The molecular formula is C13H12FN3S. The van der Waals surface area contributed by atoms with Crippen molar-refractivity contribution in [1.82, 2.24) is 4.98 Å². The number of benzene rings is 1. The van der Waals surface area contributed by atoms with Gasteiger partial charge in [-0.1, -0.05) is 30.4 Å². The van der Waals surface area contributed by atoms with Crippen molar-refractivity contribution in [3.63, 3.8) is 0 Å². The Balaban J connectivity index is 2.16. The fourth-order valence-electron chi connectivity index (χ4n) is 1.57. The molecule has 1 aromatic carbocycles. The van der Waals surface area contributed by atoms with Crippen molar-refractivity contribution in [2.75, 3.05) is 5.32 Å². The third-order valence-corrected chi connectivity index (χ3v) is 2.70. The van der Waals surface area contributed by atoms with Gasteiger partial charge >= 0.3 is 0 Å². The van der Waals surface area contributed by atoms with Crippen molar-refractivity contribution in [1.29, 1.82) is 0 Å². The maximum absolute atomic E-state index is 13.4. The maximum Gasteiger partial charge on any atom is 0.136 e. The number of nitrogens with one attached hydrogen (secondary N) is 1. The number of rotatable bonds is 4. The summed E-state index contributed by atoms with van der Waals surface area (Å²) < 4.78 is 13.4. The Labute approximate surface area is 110 Å². The molecule has 0 saturated heterocycles. The van der Waals surface area contributed by atoms with Crippen molar-refractivity contribution in [2.45, 2.75) is 6.54 Å². The van der Waals surface area contributed by atoms with Crippen LogP contribution in [0.2, 0.25) is 0 Å². The number of nitrogens with zero attached hydrogens (tertiary/aromatic N) is 1. The molecule has 3 N–H and O–H groups in total. The van der Waals surface area contributed by atoms with Crippen LogP contribution in [0.15, 0.2) is 42.6 Å². The molecule has 0 amide bonds. The van der Waals surface area contributed by atoms with Gasteiger partial charge in [-0.3, -0.25) is 0 Å².